The van der Waals surface area contributed by atoms with E-state index in [0.29, 0.717) is 35.6 Å². The number of rotatable bonds is 6. The van der Waals surface area contributed by atoms with Crippen molar-refractivity contribution in [1.82, 2.24) is 4.98 Å². The lowest BCUT2D eigenvalue weighted by atomic mass is 9.96. The summed E-state index contributed by atoms with van der Waals surface area (Å²) in [6.07, 6.45) is -4.75. The van der Waals surface area contributed by atoms with Crippen LogP contribution in [0.4, 0.5) is 24.0 Å². The Morgan fingerprint density at radius 1 is 1.00 bits per heavy atom. The summed E-state index contributed by atoms with van der Waals surface area (Å²) in [6.45, 7) is 4.87. The summed E-state index contributed by atoms with van der Waals surface area (Å²) in [4.78, 5) is 20.0. The highest BCUT2D eigenvalue weighted by molar-refractivity contribution is 7.14. The van der Waals surface area contributed by atoms with Gasteiger partial charge in [-0.3, -0.25) is 4.79 Å². The lowest BCUT2D eigenvalue weighted by molar-refractivity contribution is -0.274. The first-order valence-corrected chi connectivity index (χ1v) is 12.8. The maximum Gasteiger partial charge on any atom is 0.573 e. The third kappa shape index (κ3) is 5.98. The van der Waals surface area contributed by atoms with Gasteiger partial charge in [0, 0.05) is 35.3 Å². The van der Waals surface area contributed by atoms with E-state index >= 15 is 0 Å². The van der Waals surface area contributed by atoms with Crippen molar-refractivity contribution in [2.45, 2.75) is 13.3 Å². The minimum atomic E-state index is -4.75. The van der Waals surface area contributed by atoms with Gasteiger partial charge < -0.3 is 19.7 Å². The van der Waals surface area contributed by atoms with Crippen molar-refractivity contribution in [3.63, 3.8) is 0 Å². The molecule has 2 heterocycles. The lowest BCUT2D eigenvalue weighted by Gasteiger charge is -2.26. The van der Waals surface area contributed by atoms with Crippen molar-refractivity contribution in [1.29, 1.82) is 0 Å². The molecule has 1 N–H and O–H groups in total. The lowest BCUT2D eigenvalue weighted by Crippen LogP contribution is -2.36. The van der Waals surface area contributed by atoms with Crippen LogP contribution < -0.4 is 15.0 Å². The molecule has 0 unspecified atom stereocenters. The highest BCUT2D eigenvalue weighted by Crippen LogP contribution is 2.31. The minimum Gasteiger partial charge on any atom is -0.406 e. The van der Waals surface area contributed by atoms with Gasteiger partial charge in [0.1, 0.15) is 5.75 Å². The molecule has 1 aromatic heterocycles. The van der Waals surface area contributed by atoms with Gasteiger partial charge >= 0.3 is 6.36 Å². The average molecular weight is 540 g/mol. The van der Waals surface area contributed by atoms with Crippen LogP contribution in [0, 0.1) is 6.92 Å². The van der Waals surface area contributed by atoms with Crippen LogP contribution in [0.3, 0.4) is 0 Å². The molecule has 1 aliphatic heterocycles. The molecule has 0 radical (unpaired) electrons. The molecule has 10 heteroatoms. The number of carbonyl (C=O) groups is 1. The van der Waals surface area contributed by atoms with Crippen LogP contribution in [0.25, 0.3) is 22.4 Å². The van der Waals surface area contributed by atoms with E-state index in [1.807, 2.05) is 42.6 Å². The number of halogens is 3. The van der Waals surface area contributed by atoms with E-state index in [4.69, 9.17) is 9.72 Å². The summed E-state index contributed by atoms with van der Waals surface area (Å²) >= 11 is 1.60. The number of benzene rings is 3. The third-order valence-corrected chi connectivity index (χ3v) is 7.09. The highest BCUT2D eigenvalue weighted by Gasteiger charge is 2.31. The molecular formula is C28H24F3N3O3S. The van der Waals surface area contributed by atoms with Crippen LogP contribution in [0.5, 0.6) is 5.75 Å². The summed E-state index contributed by atoms with van der Waals surface area (Å²) in [5, 5.41) is 5.92. The molecule has 1 saturated heterocycles. The molecule has 0 atom stereocenters. The van der Waals surface area contributed by atoms with Gasteiger partial charge in [0.05, 0.1) is 18.9 Å². The van der Waals surface area contributed by atoms with Crippen molar-refractivity contribution >= 4 is 28.1 Å². The second-order valence-corrected chi connectivity index (χ2v) is 9.53. The monoisotopic (exact) mass is 539 g/mol. The van der Waals surface area contributed by atoms with Crippen LogP contribution in [0.15, 0.2) is 72.1 Å². The molecule has 1 aliphatic rings. The predicted octanol–water partition coefficient (Wildman–Crippen LogP) is 6.77. The number of anilines is 2. The van der Waals surface area contributed by atoms with E-state index in [1.54, 1.807) is 23.5 Å². The number of morpholine rings is 1. The molecule has 5 rings (SSSR count). The van der Waals surface area contributed by atoms with Gasteiger partial charge in [0.15, 0.2) is 5.13 Å². The molecule has 3 aromatic carbocycles. The molecule has 6 nitrogen and oxygen atoms in total. The fraction of sp³-hybridized carbons (Fsp3) is 0.214. The van der Waals surface area contributed by atoms with E-state index in [1.165, 1.54) is 24.3 Å². The van der Waals surface area contributed by atoms with E-state index in [0.717, 1.165) is 35.0 Å². The molecule has 0 bridgehead atoms. The third-order valence-electron chi connectivity index (χ3n) is 6.19. The highest BCUT2D eigenvalue weighted by atomic mass is 32.1. The Morgan fingerprint density at radius 2 is 1.68 bits per heavy atom. The van der Waals surface area contributed by atoms with Gasteiger partial charge in [0.25, 0.3) is 5.91 Å². The van der Waals surface area contributed by atoms with Crippen LogP contribution in [0.2, 0.25) is 0 Å². The van der Waals surface area contributed by atoms with Crippen LogP contribution in [0.1, 0.15) is 15.9 Å². The van der Waals surface area contributed by atoms with Crippen LogP contribution in [-0.2, 0) is 4.74 Å². The topological polar surface area (TPSA) is 63.7 Å². The number of amides is 1. The molecule has 4 aromatic rings. The molecule has 196 valence electrons. The first-order chi connectivity index (χ1) is 18.3. The van der Waals surface area contributed by atoms with Gasteiger partial charge in [0.2, 0.25) is 0 Å². The second kappa shape index (κ2) is 10.8. The molecule has 1 amide bonds. The number of nitrogens with zero attached hydrogens (tertiary/aromatic N) is 2. The van der Waals surface area contributed by atoms with Gasteiger partial charge in [-0.1, -0.05) is 36.4 Å². The van der Waals surface area contributed by atoms with Crippen molar-refractivity contribution in [3.8, 4) is 28.1 Å². The van der Waals surface area contributed by atoms with Crippen molar-refractivity contribution in [3.05, 3.63) is 83.2 Å². The quantitative estimate of drug-likeness (QED) is 0.293. The number of ether oxygens (including phenoxy) is 2. The Morgan fingerprint density at radius 3 is 2.37 bits per heavy atom. The number of thiazole rings is 1. The molecule has 0 aliphatic carbocycles. The zero-order valence-electron chi connectivity index (χ0n) is 20.4. The maximum atomic E-state index is 13.1. The molecule has 1 fully saturated rings. The SMILES string of the molecule is Cc1c(C(=O)Nc2ccc(-c3csc(N4CCOCC4)n3)cc2)cccc1-c1ccc(OC(F)(F)F)cc1. The van der Waals surface area contributed by atoms with Gasteiger partial charge in [-0.25, -0.2) is 4.98 Å². The Balaban J connectivity index is 1.27. The van der Waals surface area contributed by atoms with E-state index in [-0.39, 0.29) is 11.7 Å². The Bertz CT molecular complexity index is 1410. The molecule has 0 spiro atoms. The van der Waals surface area contributed by atoms with Gasteiger partial charge in [-0.2, -0.15) is 0 Å². The number of hydrogen-bond acceptors (Lipinski definition) is 6. The second-order valence-electron chi connectivity index (χ2n) is 8.70. The molecular weight excluding hydrogens is 515 g/mol. The van der Waals surface area contributed by atoms with Crippen LogP contribution >= 0.6 is 11.3 Å². The number of aromatic nitrogens is 1. The first-order valence-electron chi connectivity index (χ1n) is 11.9. The fourth-order valence-corrected chi connectivity index (χ4v) is 5.14. The predicted molar refractivity (Wildman–Crippen MR) is 142 cm³/mol. The zero-order valence-corrected chi connectivity index (χ0v) is 21.2. The van der Waals surface area contributed by atoms with Gasteiger partial charge in [-0.05, 0) is 53.9 Å². The van der Waals surface area contributed by atoms with Crippen molar-refractivity contribution < 1.29 is 27.4 Å². The summed E-state index contributed by atoms with van der Waals surface area (Å²) in [7, 11) is 0. The number of carbonyl (C=O) groups excluding carboxylic acids is 1. The van der Waals surface area contributed by atoms with Crippen molar-refractivity contribution in [2.24, 2.45) is 0 Å². The van der Waals surface area contributed by atoms with E-state index in [2.05, 4.69) is 15.0 Å². The van der Waals surface area contributed by atoms with E-state index < -0.39 is 6.36 Å². The first kappa shape index (κ1) is 25.7. The van der Waals surface area contributed by atoms with E-state index in [9.17, 15) is 18.0 Å². The standard InChI is InChI=1S/C28H24F3N3O3S/c1-18-23(19-7-11-22(12-8-19)37-28(29,30)31)3-2-4-24(18)26(35)32-21-9-5-20(6-10-21)25-17-38-27(33-25)34-13-15-36-16-14-34/h2-12,17H,13-16H2,1H3,(H,32,35). The average Bonchev–Trinajstić information content (AvgIpc) is 3.40. The van der Waals surface area contributed by atoms with Gasteiger partial charge in [-0.15, -0.1) is 24.5 Å². The summed E-state index contributed by atoms with van der Waals surface area (Å²) in [6, 6.07) is 18.4. The summed E-state index contributed by atoms with van der Waals surface area (Å²) < 4.78 is 46.7. The Kier molecular flexibility index (Phi) is 7.35. The number of alkyl halides is 3. The number of nitrogens with one attached hydrogen (secondary N) is 1. The summed E-state index contributed by atoms with van der Waals surface area (Å²) in [5.41, 5.74) is 5.07. The Hall–Kier alpha value is -3.89. The van der Waals surface area contributed by atoms with Crippen molar-refractivity contribution in [2.75, 3.05) is 36.5 Å². The minimum absolute atomic E-state index is 0.280. The largest absolute Gasteiger partial charge is 0.573 e. The normalized spacial score (nSPS) is 13.8. The maximum absolute atomic E-state index is 13.1. The molecule has 38 heavy (non-hydrogen) atoms. The number of hydrogen-bond donors (Lipinski definition) is 1. The molecule has 0 saturated carbocycles. The van der Waals surface area contributed by atoms with Crippen LogP contribution in [-0.4, -0.2) is 43.6 Å². The Labute approximate surface area is 221 Å². The zero-order chi connectivity index (χ0) is 26.7. The fourth-order valence-electron chi connectivity index (χ4n) is 4.25. The summed E-state index contributed by atoms with van der Waals surface area (Å²) in [5.74, 6) is -0.580. The smallest absolute Gasteiger partial charge is 0.406 e.